The Morgan fingerprint density at radius 3 is 1.82 bits per heavy atom. The Kier molecular flexibility index (Phi) is 9.55. The maximum absolute atomic E-state index is 14.8. The number of rotatable bonds is 10. The lowest BCUT2D eigenvalue weighted by Crippen LogP contribution is -2.69. The van der Waals surface area contributed by atoms with E-state index in [4.69, 9.17) is 0 Å². The predicted octanol–water partition coefficient (Wildman–Crippen LogP) is 6.02. The number of ether oxygens (including phenoxy) is 1. The first kappa shape index (κ1) is 34.5. The second kappa shape index (κ2) is 12.2. The van der Waals surface area contributed by atoms with E-state index in [1.54, 1.807) is 5.32 Å². The number of aliphatic hydroxyl groups is 2. The van der Waals surface area contributed by atoms with Crippen molar-refractivity contribution in [2.45, 2.75) is 48.6 Å². The van der Waals surface area contributed by atoms with Gasteiger partial charge < -0.3 is 20.3 Å². The average molecular weight is 649 g/mol. The summed E-state index contributed by atoms with van der Waals surface area (Å²) in [4.78, 5) is 13.1. The SMILES string of the molecule is O=C(N[C@](Cc1ccccc1)(c1ccc(F)cc1)c1cc(F)cc(OC(F)(F)C(F)F)c1)[C@@H](O)C(O)(C(F)(F)F)C(F)(F)F. The number of hydrogen-bond donors (Lipinski definition) is 3. The van der Waals surface area contributed by atoms with Crippen molar-refractivity contribution in [2.24, 2.45) is 0 Å². The summed E-state index contributed by atoms with van der Waals surface area (Å²) >= 11 is 0. The molecule has 0 aliphatic carbocycles. The summed E-state index contributed by atoms with van der Waals surface area (Å²) in [5, 5.41) is 21.4. The van der Waals surface area contributed by atoms with Crippen molar-refractivity contribution in [1.29, 1.82) is 0 Å². The second-order valence-corrected chi connectivity index (χ2v) is 9.37. The molecule has 0 aliphatic heterocycles. The molecule has 5 nitrogen and oxygen atoms in total. The van der Waals surface area contributed by atoms with Crippen molar-refractivity contribution in [1.82, 2.24) is 5.32 Å². The topological polar surface area (TPSA) is 78.8 Å². The van der Waals surface area contributed by atoms with E-state index in [9.17, 15) is 67.7 Å². The summed E-state index contributed by atoms with van der Waals surface area (Å²) in [5.41, 5.74) is -9.90. The summed E-state index contributed by atoms with van der Waals surface area (Å²) in [7, 11) is 0. The molecule has 3 aromatic rings. The van der Waals surface area contributed by atoms with Crippen LogP contribution in [0.2, 0.25) is 0 Å². The van der Waals surface area contributed by atoms with Gasteiger partial charge in [-0.1, -0.05) is 42.5 Å². The summed E-state index contributed by atoms with van der Waals surface area (Å²) in [6.07, 6.45) is -28.2. The van der Waals surface area contributed by atoms with Crippen LogP contribution in [0.15, 0.2) is 72.8 Å². The van der Waals surface area contributed by atoms with Crippen molar-refractivity contribution in [3.63, 3.8) is 0 Å². The van der Waals surface area contributed by atoms with E-state index in [1.807, 2.05) is 0 Å². The van der Waals surface area contributed by atoms with Gasteiger partial charge in [-0.05, 0) is 41.0 Å². The molecule has 0 fully saturated rings. The monoisotopic (exact) mass is 649 g/mol. The summed E-state index contributed by atoms with van der Waals surface area (Å²) in [5.74, 6) is -6.38. The molecule has 2 atom stereocenters. The lowest BCUT2D eigenvalue weighted by atomic mass is 9.77. The number of halogens is 12. The van der Waals surface area contributed by atoms with E-state index in [0.717, 1.165) is 12.1 Å². The Labute approximate surface area is 239 Å². The Morgan fingerprint density at radius 1 is 0.773 bits per heavy atom. The van der Waals surface area contributed by atoms with Crippen molar-refractivity contribution >= 4 is 5.91 Å². The molecule has 240 valence electrons. The molecule has 17 heteroatoms. The molecule has 0 heterocycles. The molecule has 0 saturated carbocycles. The molecule has 1 amide bonds. The molecule has 3 N–H and O–H groups in total. The minimum absolute atomic E-state index is 0.0816. The predicted molar refractivity (Wildman–Crippen MR) is 127 cm³/mol. The highest BCUT2D eigenvalue weighted by Gasteiger charge is 2.76. The number of nitrogens with one attached hydrogen (secondary N) is 1. The van der Waals surface area contributed by atoms with E-state index in [2.05, 4.69) is 4.74 Å². The lowest BCUT2D eigenvalue weighted by Gasteiger charge is -2.40. The van der Waals surface area contributed by atoms with Gasteiger partial charge in [0.25, 0.3) is 11.5 Å². The fourth-order valence-electron chi connectivity index (χ4n) is 4.20. The van der Waals surface area contributed by atoms with Crippen LogP contribution in [-0.2, 0) is 16.8 Å². The standard InChI is InChI=1S/C27H19F12NO4/c28-17-8-6-15(7-9-17)23(13-14-4-2-1-3-5-14,16-10-18(29)12-19(11-16)44-25(32,33)22(30)31)40-21(42)20(41)24(43,26(34,35)36)27(37,38)39/h1-12,20,22,41,43H,13H2,(H,40,42)/t20-,23-/m1/s1. The molecule has 0 unspecified atom stereocenters. The van der Waals surface area contributed by atoms with Crippen LogP contribution in [0.25, 0.3) is 0 Å². The van der Waals surface area contributed by atoms with Gasteiger partial charge >= 0.3 is 24.9 Å². The number of hydrogen-bond acceptors (Lipinski definition) is 4. The van der Waals surface area contributed by atoms with Crippen LogP contribution >= 0.6 is 0 Å². The van der Waals surface area contributed by atoms with Crippen molar-refractivity contribution in [3.05, 3.63) is 101 Å². The van der Waals surface area contributed by atoms with E-state index in [1.165, 1.54) is 30.3 Å². The third-order valence-electron chi connectivity index (χ3n) is 6.37. The second-order valence-electron chi connectivity index (χ2n) is 9.37. The fraction of sp³-hybridized carbons (Fsp3) is 0.296. The van der Waals surface area contributed by atoms with Crippen LogP contribution in [0.3, 0.4) is 0 Å². The fourth-order valence-corrected chi connectivity index (χ4v) is 4.20. The molecular weight excluding hydrogens is 630 g/mol. The number of amides is 1. The Balaban J connectivity index is 2.34. The van der Waals surface area contributed by atoms with Crippen LogP contribution < -0.4 is 10.1 Å². The number of aliphatic hydroxyl groups excluding tert-OH is 1. The molecule has 0 aromatic heterocycles. The molecule has 44 heavy (non-hydrogen) atoms. The van der Waals surface area contributed by atoms with Crippen molar-refractivity contribution in [3.8, 4) is 5.75 Å². The summed E-state index contributed by atoms with van der Waals surface area (Å²) < 4.78 is 166. The number of benzene rings is 3. The van der Waals surface area contributed by atoms with Gasteiger partial charge in [-0.2, -0.15) is 43.9 Å². The van der Waals surface area contributed by atoms with Gasteiger partial charge in [0.05, 0.1) is 5.54 Å². The van der Waals surface area contributed by atoms with Gasteiger partial charge in [0.15, 0.2) is 6.10 Å². The van der Waals surface area contributed by atoms with Crippen LogP contribution in [0, 0.1) is 11.6 Å². The highest BCUT2D eigenvalue weighted by molar-refractivity contribution is 5.84. The largest absolute Gasteiger partial charge is 0.461 e. The van der Waals surface area contributed by atoms with Gasteiger partial charge in [-0.25, -0.2) is 8.78 Å². The first-order valence-electron chi connectivity index (χ1n) is 12.0. The lowest BCUT2D eigenvalue weighted by molar-refractivity contribution is -0.386. The minimum atomic E-state index is -6.69. The van der Waals surface area contributed by atoms with Crippen LogP contribution in [-0.4, -0.2) is 52.7 Å². The van der Waals surface area contributed by atoms with Gasteiger partial charge in [-0.3, -0.25) is 4.79 Å². The van der Waals surface area contributed by atoms with E-state index < -0.39 is 83.0 Å². The molecule has 3 aromatic carbocycles. The smallest absolute Gasteiger partial charge is 0.428 e. The van der Waals surface area contributed by atoms with Crippen LogP contribution in [0.4, 0.5) is 52.7 Å². The number of carbonyl (C=O) groups excluding carboxylic acids is 1. The minimum Gasteiger partial charge on any atom is -0.428 e. The molecule has 0 saturated heterocycles. The average Bonchev–Trinajstić information content (AvgIpc) is 2.90. The molecule has 0 bridgehead atoms. The van der Waals surface area contributed by atoms with Crippen LogP contribution in [0.5, 0.6) is 5.75 Å². The van der Waals surface area contributed by atoms with E-state index in [-0.39, 0.29) is 11.6 Å². The van der Waals surface area contributed by atoms with Gasteiger partial charge in [0, 0.05) is 12.5 Å². The maximum atomic E-state index is 14.8. The van der Waals surface area contributed by atoms with E-state index in [0.29, 0.717) is 24.3 Å². The van der Waals surface area contributed by atoms with Gasteiger partial charge in [0.1, 0.15) is 17.4 Å². The van der Waals surface area contributed by atoms with Crippen LogP contribution in [0.1, 0.15) is 16.7 Å². The first-order valence-corrected chi connectivity index (χ1v) is 12.0. The third kappa shape index (κ3) is 6.88. The van der Waals surface area contributed by atoms with Crippen molar-refractivity contribution in [2.75, 3.05) is 0 Å². The first-order chi connectivity index (χ1) is 20.1. The molecular formula is C27H19F12NO4. The summed E-state index contributed by atoms with van der Waals surface area (Å²) in [6.45, 7) is 0. The van der Waals surface area contributed by atoms with Gasteiger partial charge in [-0.15, -0.1) is 0 Å². The molecule has 0 aliphatic rings. The zero-order valence-electron chi connectivity index (χ0n) is 21.5. The normalized spacial score (nSPS) is 15.1. The highest BCUT2D eigenvalue weighted by atomic mass is 19.4. The Bertz CT molecular complexity index is 1430. The highest BCUT2D eigenvalue weighted by Crippen LogP contribution is 2.46. The maximum Gasteiger partial charge on any atom is 0.461 e. The molecule has 0 radical (unpaired) electrons. The zero-order valence-corrected chi connectivity index (χ0v) is 21.5. The summed E-state index contributed by atoms with van der Waals surface area (Å²) in [6, 6.07) is 10.9. The number of alkyl halides is 10. The third-order valence-corrected chi connectivity index (χ3v) is 6.37. The quantitative estimate of drug-likeness (QED) is 0.235. The molecule has 0 spiro atoms. The van der Waals surface area contributed by atoms with Crippen molar-refractivity contribution < 1.29 is 72.4 Å². The van der Waals surface area contributed by atoms with E-state index >= 15 is 0 Å². The Morgan fingerprint density at radius 2 is 1.32 bits per heavy atom. The van der Waals surface area contributed by atoms with Gasteiger partial charge in [0.2, 0.25) is 0 Å². The zero-order chi connectivity index (χ0) is 33.3. The number of carbonyl (C=O) groups is 1. The Hall–Kier alpha value is -3.99. The molecule has 3 rings (SSSR count).